The summed E-state index contributed by atoms with van der Waals surface area (Å²) in [7, 11) is 2.14. The van der Waals surface area contributed by atoms with Crippen LogP contribution in [0, 0.1) is 6.92 Å². The van der Waals surface area contributed by atoms with Crippen molar-refractivity contribution in [2.45, 2.75) is 6.92 Å². The molecule has 4 heterocycles. The Morgan fingerprint density at radius 2 is 1.91 bits per heavy atom. The number of fused-ring (bicyclic) bond motifs is 3. The molecule has 8 heteroatoms. The van der Waals surface area contributed by atoms with Gasteiger partial charge in [0.25, 0.3) is 0 Å². The molecule has 0 N–H and O–H groups in total. The van der Waals surface area contributed by atoms with Gasteiger partial charge in [0.05, 0.1) is 11.2 Å². The molecule has 0 saturated carbocycles. The van der Waals surface area contributed by atoms with Crippen molar-refractivity contribution in [3.8, 4) is 0 Å². The van der Waals surface area contributed by atoms with Crippen LogP contribution in [0.5, 0.6) is 0 Å². The molecular weight excluding hydrogens is 346 g/mol. The Morgan fingerprint density at radius 3 is 2.68 bits per heavy atom. The Morgan fingerprint density at radius 1 is 1.14 bits per heavy atom. The summed E-state index contributed by atoms with van der Waals surface area (Å²) >= 11 is 3.53. The van der Waals surface area contributed by atoms with Gasteiger partial charge in [-0.3, -0.25) is 4.40 Å². The van der Waals surface area contributed by atoms with Gasteiger partial charge in [0.1, 0.15) is 6.33 Å². The zero-order chi connectivity index (χ0) is 15.3. The molecule has 7 nitrogen and oxygen atoms in total. The fourth-order valence-electron chi connectivity index (χ4n) is 2.76. The van der Waals surface area contributed by atoms with Crippen LogP contribution in [0.25, 0.3) is 16.8 Å². The zero-order valence-corrected chi connectivity index (χ0v) is 14.1. The highest BCUT2D eigenvalue weighted by molar-refractivity contribution is 9.10. The Hall–Kier alpha value is -1.80. The number of likely N-dealkylation sites (N-methyl/N-ethyl adjacent to an activating group) is 1. The Bertz CT molecular complexity index is 851. The van der Waals surface area contributed by atoms with Gasteiger partial charge in [-0.1, -0.05) is 0 Å². The van der Waals surface area contributed by atoms with Crippen molar-refractivity contribution in [2.24, 2.45) is 0 Å². The maximum Gasteiger partial charge on any atom is 0.204 e. The zero-order valence-electron chi connectivity index (χ0n) is 12.5. The summed E-state index contributed by atoms with van der Waals surface area (Å²) in [4.78, 5) is 14.0. The van der Waals surface area contributed by atoms with E-state index in [-0.39, 0.29) is 0 Å². The Balaban J connectivity index is 1.93. The third-order valence-corrected chi connectivity index (χ3v) is 4.94. The molecule has 0 unspecified atom stereocenters. The lowest BCUT2D eigenvalue weighted by atomic mass is 10.3. The van der Waals surface area contributed by atoms with Crippen LogP contribution in [0.4, 0.5) is 5.82 Å². The topological polar surface area (TPSA) is 62.5 Å². The third kappa shape index (κ3) is 2.14. The van der Waals surface area contributed by atoms with Crippen LogP contribution in [0.3, 0.4) is 0 Å². The first kappa shape index (κ1) is 13.8. The van der Waals surface area contributed by atoms with Gasteiger partial charge in [-0.2, -0.15) is 0 Å². The smallest absolute Gasteiger partial charge is 0.204 e. The minimum Gasteiger partial charge on any atom is -0.351 e. The minimum atomic E-state index is 0.724. The molecule has 1 aliphatic rings. The van der Waals surface area contributed by atoms with Crippen molar-refractivity contribution < 1.29 is 0 Å². The molecule has 0 atom stereocenters. The number of hydrogen-bond donors (Lipinski definition) is 0. The number of aromatic nitrogens is 5. The van der Waals surface area contributed by atoms with E-state index >= 15 is 0 Å². The SMILES string of the molecule is Cc1nc2nc(N3CCN(C)CC3)c3nncn3c2cc1Br. The molecule has 0 amide bonds. The third-order valence-electron chi connectivity index (χ3n) is 4.13. The normalized spacial score (nSPS) is 16.8. The second kappa shape index (κ2) is 5.13. The fraction of sp³-hybridized carbons (Fsp3) is 0.429. The molecule has 114 valence electrons. The molecule has 0 radical (unpaired) electrons. The summed E-state index contributed by atoms with van der Waals surface area (Å²) in [5, 5.41) is 8.33. The number of piperazine rings is 1. The molecule has 3 aromatic heterocycles. The van der Waals surface area contributed by atoms with E-state index in [4.69, 9.17) is 4.98 Å². The van der Waals surface area contributed by atoms with Gasteiger partial charge >= 0.3 is 0 Å². The summed E-state index contributed by atoms with van der Waals surface area (Å²) in [5.41, 5.74) is 3.35. The number of pyridine rings is 1. The van der Waals surface area contributed by atoms with E-state index in [1.165, 1.54) is 0 Å². The lowest BCUT2D eigenvalue weighted by Crippen LogP contribution is -2.45. The van der Waals surface area contributed by atoms with Gasteiger partial charge in [-0.05, 0) is 36.0 Å². The van der Waals surface area contributed by atoms with E-state index in [0.29, 0.717) is 0 Å². The van der Waals surface area contributed by atoms with Crippen LogP contribution >= 0.6 is 15.9 Å². The van der Waals surface area contributed by atoms with E-state index < -0.39 is 0 Å². The van der Waals surface area contributed by atoms with Gasteiger partial charge < -0.3 is 9.80 Å². The fourth-order valence-corrected chi connectivity index (χ4v) is 3.07. The van der Waals surface area contributed by atoms with Crippen molar-refractivity contribution in [3.05, 3.63) is 22.6 Å². The van der Waals surface area contributed by atoms with Crippen molar-refractivity contribution in [3.63, 3.8) is 0 Å². The van der Waals surface area contributed by atoms with E-state index in [1.807, 2.05) is 17.4 Å². The molecular formula is C14H16BrN7. The van der Waals surface area contributed by atoms with Crippen LogP contribution in [0.2, 0.25) is 0 Å². The molecule has 0 spiro atoms. The molecule has 1 aliphatic heterocycles. The molecule has 0 bridgehead atoms. The minimum absolute atomic E-state index is 0.724. The lowest BCUT2D eigenvalue weighted by molar-refractivity contribution is 0.312. The second-order valence-electron chi connectivity index (χ2n) is 5.65. The summed E-state index contributed by atoms with van der Waals surface area (Å²) in [6.45, 7) is 5.89. The molecule has 3 aromatic rings. The van der Waals surface area contributed by atoms with Crippen LogP contribution in [-0.2, 0) is 0 Å². The maximum absolute atomic E-state index is 4.78. The number of hydrogen-bond acceptors (Lipinski definition) is 6. The highest BCUT2D eigenvalue weighted by atomic mass is 79.9. The largest absolute Gasteiger partial charge is 0.351 e. The second-order valence-corrected chi connectivity index (χ2v) is 6.50. The molecule has 1 fully saturated rings. The Kier molecular flexibility index (Phi) is 3.23. The number of nitrogens with zero attached hydrogens (tertiary/aromatic N) is 7. The molecule has 22 heavy (non-hydrogen) atoms. The number of aryl methyl sites for hydroxylation is 1. The summed E-state index contributed by atoms with van der Waals surface area (Å²) in [6.07, 6.45) is 1.72. The van der Waals surface area contributed by atoms with Gasteiger partial charge in [-0.15, -0.1) is 10.2 Å². The van der Waals surface area contributed by atoms with Gasteiger partial charge in [0, 0.05) is 30.7 Å². The summed E-state index contributed by atoms with van der Waals surface area (Å²) in [6, 6.07) is 2.02. The number of halogens is 1. The Labute approximate surface area is 136 Å². The molecule has 4 rings (SSSR count). The van der Waals surface area contributed by atoms with Gasteiger partial charge in [-0.25, -0.2) is 9.97 Å². The first-order valence-corrected chi connectivity index (χ1v) is 8.03. The summed E-state index contributed by atoms with van der Waals surface area (Å²) < 4.78 is 2.93. The lowest BCUT2D eigenvalue weighted by Gasteiger charge is -2.33. The van der Waals surface area contributed by atoms with Crippen LogP contribution in [0.1, 0.15) is 5.69 Å². The maximum atomic E-state index is 4.78. The van der Waals surface area contributed by atoms with Crippen molar-refractivity contribution >= 4 is 38.6 Å². The highest BCUT2D eigenvalue weighted by Crippen LogP contribution is 2.26. The monoisotopic (exact) mass is 361 g/mol. The average molecular weight is 362 g/mol. The predicted octanol–water partition coefficient (Wildman–Crippen LogP) is 1.50. The van der Waals surface area contributed by atoms with Crippen LogP contribution in [0.15, 0.2) is 16.9 Å². The van der Waals surface area contributed by atoms with E-state index in [2.05, 4.69) is 48.0 Å². The first-order valence-electron chi connectivity index (χ1n) is 7.23. The summed E-state index contributed by atoms with van der Waals surface area (Å²) in [5.74, 6) is 0.868. The quantitative estimate of drug-likeness (QED) is 0.654. The first-order chi connectivity index (χ1) is 10.6. The molecule has 1 saturated heterocycles. The highest BCUT2D eigenvalue weighted by Gasteiger charge is 2.21. The van der Waals surface area contributed by atoms with E-state index in [1.54, 1.807) is 6.33 Å². The van der Waals surface area contributed by atoms with Crippen molar-refractivity contribution in [2.75, 3.05) is 38.1 Å². The predicted molar refractivity (Wildman–Crippen MR) is 88.2 cm³/mol. The van der Waals surface area contributed by atoms with Gasteiger partial charge in [0.2, 0.25) is 5.65 Å². The number of anilines is 1. The molecule has 0 aromatic carbocycles. The van der Waals surface area contributed by atoms with Crippen LogP contribution in [-0.4, -0.2) is 62.7 Å². The molecule has 0 aliphatic carbocycles. The number of rotatable bonds is 1. The van der Waals surface area contributed by atoms with E-state index in [0.717, 1.165) is 59.0 Å². The van der Waals surface area contributed by atoms with Crippen molar-refractivity contribution in [1.29, 1.82) is 0 Å². The van der Waals surface area contributed by atoms with E-state index in [9.17, 15) is 0 Å². The van der Waals surface area contributed by atoms with Crippen molar-refractivity contribution in [1.82, 2.24) is 29.5 Å². The van der Waals surface area contributed by atoms with Gasteiger partial charge in [0.15, 0.2) is 11.5 Å². The van der Waals surface area contributed by atoms with Crippen LogP contribution < -0.4 is 4.90 Å². The average Bonchev–Trinajstić information content (AvgIpc) is 2.99. The standard InChI is InChI=1S/C14H16BrN7/c1-9-10(15)7-11-12(17-9)18-13(14-19-16-8-22(11)14)21-5-3-20(2)4-6-21/h7-8H,3-6H2,1-2H3.